The average Bonchev–Trinajstić information content (AvgIpc) is 2.81. The number of nitrogen functional groups attached to an aromatic ring is 4. The van der Waals surface area contributed by atoms with Crippen molar-refractivity contribution in [3.05, 3.63) is 83.3 Å². The number of carbonyl (C=O) groups is 2. The van der Waals surface area contributed by atoms with Crippen LogP contribution in [0.25, 0.3) is 11.5 Å². The molecule has 0 amide bonds. The minimum absolute atomic E-state index is 0.137. The van der Waals surface area contributed by atoms with Gasteiger partial charge in [-0.05, 0) is 6.07 Å². The van der Waals surface area contributed by atoms with Crippen LogP contribution in [0.2, 0.25) is 0 Å². The molecule has 0 spiro atoms. The van der Waals surface area contributed by atoms with Gasteiger partial charge in [0.1, 0.15) is 11.4 Å². The lowest BCUT2D eigenvalue weighted by Crippen LogP contribution is -2.22. The van der Waals surface area contributed by atoms with E-state index in [1.54, 1.807) is 48.7 Å². The zero-order valence-electron chi connectivity index (χ0n) is 16.7. The summed E-state index contributed by atoms with van der Waals surface area (Å²) in [6.07, 6.45) is 4.60. The number of carbonyl (C=O) groups excluding carboxylic acids is 2. The Morgan fingerprint density at radius 2 is 1.31 bits per heavy atom. The van der Waals surface area contributed by atoms with Gasteiger partial charge in [0.05, 0.1) is 11.8 Å². The van der Waals surface area contributed by atoms with Gasteiger partial charge in [-0.15, -0.1) is 0 Å². The monoisotopic (exact) mass is 426 g/mol. The molecule has 0 fully saturated rings. The second-order valence-electron chi connectivity index (χ2n) is 6.80. The highest BCUT2D eigenvalue weighted by Crippen LogP contribution is 2.30. The molecule has 2 aromatic carbocycles. The van der Waals surface area contributed by atoms with Crippen LogP contribution in [-0.2, 0) is 0 Å². The van der Waals surface area contributed by atoms with Crippen LogP contribution in [0, 0.1) is 0 Å². The average molecular weight is 426 g/mol. The fourth-order valence-corrected chi connectivity index (χ4v) is 3.21. The molecule has 0 aliphatic heterocycles. The van der Waals surface area contributed by atoms with Crippen LogP contribution >= 0.6 is 0 Å². The van der Waals surface area contributed by atoms with Gasteiger partial charge < -0.3 is 22.9 Å². The summed E-state index contributed by atoms with van der Waals surface area (Å²) in [6, 6.07) is 11.8. The second-order valence-corrected chi connectivity index (χ2v) is 6.80. The van der Waals surface area contributed by atoms with Crippen molar-refractivity contribution in [3.63, 3.8) is 0 Å². The first kappa shape index (κ1) is 20.4. The van der Waals surface area contributed by atoms with Gasteiger partial charge in [0, 0.05) is 34.8 Å². The van der Waals surface area contributed by atoms with E-state index in [2.05, 4.69) is 19.9 Å². The predicted octanol–water partition coefficient (Wildman–Crippen LogP) is 1.72. The van der Waals surface area contributed by atoms with Gasteiger partial charge in [-0.2, -0.15) is 0 Å². The normalized spacial score (nSPS) is 11.8. The Kier molecular flexibility index (Phi) is 5.17. The molecule has 2 aromatic heterocycles. The number of hydrogen-bond donors (Lipinski definition) is 4. The lowest BCUT2D eigenvalue weighted by Gasteiger charge is -2.18. The van der Waals surface area contributed by atoms with Crippen molar-refractivity contribution in [2.75, 3.05) is 22.9 Å². The summed E-state index contributed by atoms with van der Waals surface area (Å²) in [6.45, 7) is 0. The summed E-state index contributed by atoms with van der Waals surface area (Å²) in [5.41, 5.74) is 25.1. The van der Waals surface area contributed by atoms with Crippen molar-refractivity contribution in [1.82, 2.24) is 19.9 Å². The van der Waals surface area contributed by atoms with Gasteiger partial charge in [0.25, 0.3) is 0 Å². The molecule has 0 radical (unpaired) electrons. The van der Waals surface area contributed by atoms with E-state index in [9.17, 15) is 9.59 Å². The SMILES string of the molecule is Nc1cccc2c1C(=O)c1ccccc1C2=O.Nc1nc(-c2cnccn2)nc(N)c1N. The number of rotatable bonds is 1. The Bertz CT molecular complexity index is 1330. The minimum atomic E-state index is -0.173. The van der Waals surface area contributed by atoms with Crippen LogP contribution in [0.3, 0.4) is 0 Å². The van der Waals surface area contributed by atoms with Gasteiger partial charge in [0.15, 0.2) is 29.0 Å². The quantitative estimate of drug-likeness (QED) is 0.287. The first-order valence-corrected chi connectivity index (χ1v) is 9.40. The molecule has 8 N–H and O–H groups in total. The Balaban J connectivity index is 0.000000155. The Hall–Kier alpha value is -4.86. The first-order chi connectivity index (χ1) is 15.4. The molecule has 158 valence electrons. The molecule has 32 heavy (non-hydrogen) atoms. The van der Waals surface area contributed by atoms with Gasteiger partial charge in [-0.25, -0.2) is 15.0 Å². The molecule has 1 aliphatic carbocycles. The van der Waals surface area contributed by atoms with E-state index in [0.29, 0.717) is 39.5 Å². The van der Waals surface area contributed by atoms with E-state index in [4.69, 9.17) is 22.9 Å². The zero-order valence-corrected chi connectivity index (χ0v) is 16.7. The number of nitrogens with two attached hydrogens (primary N) is 4. The third-order valence-electron chi connectivity index (χ3n) is 4.78. The Morgan fingerprint density at radius 3 is 1.94 bits per heavy atom. The van der Waals surface area contributed by atoms with Crippen LogP contribution in [0.4, 0.5) is 23.0 Å². The number of hydrogen-bond acceptors (Lipinski definition) is 10. The topological polar surface area (TPSA) is 190 Å². The van der Waals surface area contributed by atoms with Crippen LogP contribution in [0.5, 0.6) is 0 Å². The Morgan fingerprint density at radius 1 is 0.688 bits per heavy atom. The van der Waals surface area contributed by atoms with E-state index in [1.165, 1.54) is 12.4 Å². The molecule has 5 rings (SSSR count). The molecular formula is C22H18N8O2. The summed E-state index contributed by atoms with van der Waals surface area (Å²) in [5.74, 6) is 0.286. The molecule has 4 aromatic rings. The molecule has 0 atom stereocenters. The lowest BCUT2D eigenvalue weighted by atomic mass is 9.83. The van der Waals surface area contributed by atoms with Gasteiger partial charge >= 0.3 is 0 Å². The van der Waals surface area contributed by atoms with Gasteiger partial charge in [-0.3, -0.25) is 14.6 Å². The van der Waals surface area contributed by atoms with Crippen LogP contribution in [-0.4, -0.2) is 31.5 Å². The minimum Gasteiger partial charge on any atom is -0.398 e. The highest BCUT2D eigenvalue weighted by Gasteiger charge is 2.30. The lowest BCUT2D eigenvalue weighted by molar-refractivity contribution is 0.0979. The van der Waals surface area contributed by atoms with Crippen LogP contribution in [0.15, 0.2) is 61.1 Å². The third kappa shape index (κ3) is 3.56. The predicted molar refractivity (Wildman–Crippen MR) is 120 cm³/mol. The molecular weight excluding hydrogens is 408 g/mol. The number of benzene rings is 2. The molecule has 1 aliphatic rings. The standard InChI is InChI=1S/C14H9NO2.C8H9N7/c15-11-7-3-6-10-12(11)14(17)9-5-2-1-4-8(9)13(10)16;9-5-6(10)14-8(15-7(5)11)4-3-12-1-2-13-4/h1-7H,15H2;1-3H,9H2,(H4,10,11,14,15). The molecule has 0 bridgehead atoms. The molecule has 10 nitrogen and oxygen atoms in total. The van der Waals surface area contributed by atoms with Crippen molar-refractivity contribution in [3.8, 4) is 11.5 Å². The zero-order chi connectivity index (χ0) is 22.8. The maximum Gasteiger partial charge on any atom is 0.196 e. The van der Waals surface area contributed by atoms with E-state index in [1.807, 2.05) is 0 Å². The van der Waals surface area contributed by atoms with E-state index < -0.39 is 0 Å². The largest absolute Gasteiger partial charge is 0.398 e. The van der Waals surface area contributed by atoms with Crippen LogP contribution in [0.1, 0.15) is 31.8 Å². The number of aromatic nitrogens is 4. The molecule has 10 heteroatoms. The fraction of sp³-hybridized carbons (Fsp3) is 0. The highest BCUT2D eigenvalue weighted by atomic mass is 16.1. The summed E-state index contributed by atoms with van der Waals surface area (Å²) < 4.78 is 0. The highest BCUT2D eigenvalue weighted by molar-refractivity contribution is 6.30. The molecule has 0 saturated heterocycles. The van der Waals surface area contributed by atoms with E-state index >= 15 is 0 Å². The molecule has 2 heterocycles. The van der Waals surface area contributed by atoms with Crippen molar-refractivity contribution in [1.29, 1.82) is 0 Å². The summed E-state index contributed by atoms with van der Waals surface area (Å²) in [7, 11) is 0. The summed E-state index contributed by atoms with van der Waals surface area (Å²) in [5, 5.41) is 0. The van der Waals surface area contributed by atoms with E-state index in [0.717, 1.165) is 0 Å². The second kappa shape index (κ2) is 8.11. The number of nitrogens with zero attached hydrogens (tertiary/aromatic N) is 4. The summed E-state index contributed by atoms with van der Waals surface area (Å²) >= 11 is 0. The number of fused-ring (bicyclic) bond motifs is 2. The maximum absolute atomic E-state index is 12.2. The fourth-order valence-electron chi connectivity index (χ4n) is 3.21. The van der Waals surface area contributed by atoms with Crippen molar-refractivity contribution in [2.45, 2.75) is 0 Å². The smallest absolute Gasteiger partial charge is 0.196 e. The van der Waals surface area contributed by atoms with Gasteiger partial charge in [-0.1, -0.05) is 36.4 Å². The van der Waals surface area contributed by atoms with E-state index in [-0.39, 0.29) is 28.9 Å². The third-order valence-corrected chi connectivity index (χ3v) is 4.78. The summed E-state index contributed by atoms with van der Waals surface area (Å²) in [4.78, 5) is 40.3. The molecule has 0 saturated carbocycles. The Labute approximate surface area is 182 Å². The molecule has 0 unspecified atom stereocenters. The first-order valence-electron chi connectivity index (χ1n) is 9.40. The number of anilines is 4. The van der Waals surface area contributed by atoms with Gasteiger partial charge in [0.2, 0.25) is 0 Å². The van der Waals surface area contributed by atoms with Crippen LogP contribution < -0.4 is 22.9 Å². The van der Waals surface area contributed by atoms with Crippen molar-refractivity contribution < 1.29 is 9.59 Å². The van der Waals surface area contributed by atoms with Crippen molar-refractivity contribution in [2.24, 2.45) is 0 Å². The van der Waals surface area contributed by atoms with Crippen molar-refractivity contribution >= 4 is 34.6 Å². The maximum atomic E-state index is 12.2. The number of ketones is 2.